The van der Waals surface area contributed by atoms with E-state index in [2.05, 4.69) is 18.7 Å². The van der Waals surface area contributed by atoms with E-state index in [-0.39, 0.29) is 5.60 Å². The van der Waals surface area contributed by atoms with E-state index >= 15 is 0 Å². The molecule has 1 fully saturated rings. The summed E-state index contributed by atoms with van der Waals surface area (Å²) in [4.78, 5) is 12.7. The topological polar surface area (TPSA) is 49.8 Å². The number of hydrogen-bond donors (Lipinski definition) is 1. The summed E-state index contributed by atoms with van der Waals surface area (Å²) >= 11 is 0. The molecule has 2 rings (SSSR count). The van der Waals surface area contributed by atoms with Gasteiger partial charge in [-0.1, -0.05) is 12.1 Å². The number of carboxylic acids is 1. The Morgan fingerprint density at radius 1 is 1.37 bits per heavy atom. The van der Waals surface area contributed by atoms with Crippen molar-refractivity contribution in [1.82, 2.24) is 0 Å². The summed E-state index contributed by atoms with van der Waals surface area (Å²) in [5, 5.41) is 8.58. The van der Waals surface area contributed by atoms with E-state index in [1.54, 1.807) is 6.08 Å². The Balaban J connectivity index is 2.08. The molecule has 0 aliphatic carbocycles. The first kappa shape index (κ1) is 13.6. The van der Waals surface area contributed by atoms with Crippen LogP contribution in [0.15, 0.2) is 30.3 Å². The number of aliphatic carboxylic acids is 1. The van der Waals surface area contributed by atoms with E-state index in [0.717, 1.165) is 37.0 Å². The quantitative estimate of drug-likeness (QED) is 0.849. The Kier molecular flexibility index (Phi) is 3.90. The van der Waals surface area contributed by atoms with Crippen LogP contribution in [0, 0.1) is 0 Å². The van der Waals surface area contributed by atoms with Gasteiger partial charge < -0.3 is 14.7 Å². The van der Waals surface area contributed by atoms with Crippen LogP contribution in [0.2, 0.25) is 0 Å². The second-order valence-corrected chi connectivity index (χ2v) is 5.29. The minimum Gasteiger partial charge on any atom is -0.478 e. The van der Waals surface area contributed by atoms with E-state index in [1.165, 1.54) is 0 Å². The van der Waals surface area contributed by atoms with Crippen LogP contribution >= 0.6 is 0 Å². The average Bonchev–Trinajstić information content (AvgIpc) is 2.36. The highest BCUT2D eigenvalue weighted by atomic mass is 16.5. The highest BCUT2D eigenvalue weighted by molar-refractivity contribution is 5.85. The van der Waals surface area contributed by atoms with Gasteiger partial charge in [-0.05, 0) is 37.6 Å². The minimum atomic E-state index is -0.931. The first-order chi connectivity index (χ1) is 8.96. The second kappa shape index (κ2) is 5.45. The van der Waals surface area contributed by atoms with Gasteiger partial charge in [0.15, 0.2) is 0 Å². The fourth-order valence-corrected chi connectivity index (χ4v) is 2.20. The van der Waals surface area contributed by atoms with Crippen LogP contribution in [0.5, 0.6) is 0 Å². The van der Waals surface area contributed by atoms with Gasteiger partial charge in [0, 0.05) is 24.9 Å². The monoisotopic (exact) mass is 261 g/mol. The molecule has 0 atom stereocenters. The molecule has 0 saturated carbocycles. The Bertz CT molecular complexity index is 477. The van der Waals surface area contributed by atoms with Crippen molar-refractivity contribution >= 4 is 17.7 Å². The first-order valence-electron chi connectivity index (χ1n) is 6.36. The molecule has 0 bridgehead atoms. The summed E-state index contributed by atoms with van der Waals surface area (Å²) < 4.78 is 5.69. The zero-order valence-corrected chi connectivity index (χ0v) is 11.3. The van der Waals surface area contributed by atoms with Crippen molar-refractivity contribution < 1.29 is 14.6 Å². The number of morpholine rings is 1. The molecule has 0 spiro atoms. The predicted octanol–water partition coefficient (Wildman–Crippen LogP) is 2.40. The molecule has 1 aliphatic heterocycles. The largest absolute Gasteiger partial charge is 0.478 e. The third kappa shape index (κ3) is 3.83. The fourth-order valence-electron chi connectivity index (χ4n) is 2.20. The van der Waals surface area contributed by atoms with Crippen LogP contribution < -0.4 is 4.90 Å². The molecule has 0 amide bonds. The lowest BCUT2D eigenvalue weighted by molar-refractivity contribution is -0.131. The fraction of sp³-hybridized carbons (Fsp3) is 0.400. The minimum absolute atomic E-state index is 0.125. The molecule has 4 nitrogen and oxygen atoms in total. The molecular weight excluding hydrogens is 242 g/mol. The van der Waals surface area contributed by atoms with Crippen molar-refractivity contribution in [3.63, 3.8) is 0 Å². The average molecular weight is 261 g/mol. The number of rotatable bonds is 3. The van der Waals surface area contributed by atoms with Crippen molar-refractivity contribution in [2.45, 2.75) is 19.4 Å². The molecule has 1 aliphatic rings. The Labute approximate surface area is 113 Å². The molecule has 1 aromatic carbocycles. The van der Waals surface area contributed by atoms with E-state index in [1.807, 2.05) is 24.3 Å². The number of anilines is 1. The molecule has 1 aromatic rings. The number of carboxylic acid groups (broad SMARTS) is 1. The van der Waals surface area contributed by atoms with Crippen molar-refractivity contribution in [2.24, 2.45) is 0 Å². The van der Waals surface area contributed by atoms with Gasteiger partial charge in [0.1, 0.15) is 0 Å². The van der Waals surface area contributed by atoms with E-state index in [9.17, 15) is 4.79 Å². The number of ether oxygens (including phenoxy) is 1. The molecule has 19 heavy (non-hydrogen) atoms. The number of nitrogens with zero attached hydrogens (tertiary/aromatic N) is 1. The maximum absolute atomic E-state index is 10.4. The maximum Gasteiger partial charge on any atom is 0.328 e. The molecule has 1 saturated heterocycles. The van der Waals surface area contributed by atoms with Gasteiger partial charge in [0.2, 0.25) is 0 Å². The summed E-state index contributed by atoms with van der Waals surface area (Å²) in [5.41, 5.74) is 1.91. The lowest BCUT2D eigenvalue weighted by Gasteiger charge is -2.39. The van der Waals surface area contributed by atoms with Crippen LogP contribution in [0.3, 0.4) is 0 Å². The van der Waals surface area contributed by atoms with Crippen LogP contribution in [0.4, 0.5) is 5.69 Å². The highest BCUT2D eigenvalue weighted by Gasteiger charge is 2.27. The standard InChI is InChI=1S/C15H19NO3/c1-15(2)11-16(9-10-19-15)13-6-3-12(4-7-13)5-8-14(17)18/h3-8H,9-11H2,1-2H3,(H,17,18)/b8-5+. The van der Waals surface area contributed by atoms with Gasteiger partial charge in [-0.2, -0.15) is 0 Å². The summed E-state index contributed by atoms with van der Waals surface area (Å²) in [7, 11) is 0. The van der Waals surface area contributed by atoms with Crippen LogP contribution in [-0.4, -0.2) is 36.4 Å². The van der Waals surface area contributed by atoms with Gasteiger partial charge in [0.05, 0.1) is 12.2 Å². The highest BCUT2D eigenvalue weighted by Crippen LogP contribution is 2.23. The summed E-state index contributed by atoms with van der Waals surface area (Å²) in [6.45, 7) is 6.64. The molecule has 0 aromatic heterocycles. The van der Waals surface area contributed by atoms with Gasteiger partial charge >= 0.3 is 5.97 Å². The number of benzene rings is 1. The Morgan fingerprint density at radius 3 is 2.63 bits per heavy atom. The summed E-state index contributed by atoms with van der Waals surface area (Å²) in [6.07, 6.45) is 2.74. The first-order valence-corrected chi connectivity index (χ1v) is 6.36. The van der Waals surface area contributed by atoms with Gasteiger partial charge in [-0.3, -0.25) is 0 Å². The zero-order chi connectivity index (χ0) is 13.9. The molecule has 1 N–H and O–H groups in total. The third-order valence-corrected chi connectivity index (χ3v) is 3.10. The van der Waals surface area contributed by atoms with Crippen molar-refractivity contribution in [2.75, 3.05) is 24.6 Å². The normalized spacial score (nSPS) is 18.7. The predicted molar refractivity (Wildman–Crippen MR) is 75.4 cm³/mol. The van der Waals surface area contributed by atoms with Crippen molar-refractivity contribution in [3.05, 3.63) is 35.9 Å². The summed E-state index contributed by atoms with van der Waals surface area (Å²) in [6, 6.07) is 7.89. The third-order valence-electron chi connectivity index (χ3n) is 3.10. The molecule has 0 radical (unpaired) electrons. The van der Waals surface area contributed by atoms with Gasteiger partial charge in [-0.25, -0.2) is 4.79 Å². The SMILES string of the molecule is CC1(C)CN(c2ccc(/C=C/C(=O)O)cc2)CCO1. The Morgan fingerprint density at radius 2 is 2.05 bits per heavy atom. The van der Waals surface area contributed by atoms with Gasteiger partial charge in [-0.15, -0.1) is 0 Å². The van der Waals surface area contributed by atoms with Crippen LogP contribution in [0.1, 0.15) is 19.4 Å². The molecule has 1 heterocycles. The molecular formula is C15H19NO3. The Hall–Kier alpha value is -1.81. The maximum atomic E-state index is 10.4. The second-order valence-electron chi connectivity index (χ2n) is 5.29. The van der Waals surface area contributed by atoms with Crippen LogP contribution in [-0.2, 0) is 9.53 Å². The lowest BCUT2D eigenvalue weighted by atomic mass is 10.1. The van der Waals surface area contributed by atoms with E-state index < -0.39 is 5.97 Å². The van der Waals surface area contributed by atoms with Gasteiger partial charge in [0.25, 0.3) is 0 Å². The van der Waals surface area contributed by atoms with E-state index in [0.29, 0.717) is 0 Å². The van der Waals surface area contributed by atoms with Crippen LogP contribution in [0.25, 0.3) is 6.08 Å². The van der Waals surface area contributed by atoms with E-state index in [4.69, 9.17) is 9.84 Å². The zero-order valence-electron chi connectivity index (χ0n) is 11.3. The molecule has 102 valence electrons. The molecule has 0 unspecified atom stereocenters. The van der Waals surface area contributed by atoms with Crippen molar-refractivity contribution in [1.29, 1.82) is 0 Å². The molecule has 4 heteroatoms. The smallest absolute Gasteiger partial charge is 0.328 e. The number of hydrogen-bond acceptors (Lipinski definition) is 3. The van der Waals surface area contributed by atoms with Crippen molar-refractivity contribution in [3.8, 4) is 0 Å². The summed E-state index contributed by atoms with van der Waals surface area (Å²) in [5.74, 6) is -0.931. The lowest BCUT2D eigenvalue weighted by Crippen LogP contribution is -2.48. The number of carbonyl (C=O) groups is 1.